The van der Waals surface area contributed by atoms with E-state index in [1.54, 1.807) is 18.2 Å². The molecule has 0 spiro atoms. The molecule has 5 aliphatic rings. The molecular weight excluding hydrogens is 352 g/mol. The highest BCUT2D eigenvalue weighted by molar-refractivity contribution is 6.31. The van der Waals surface area contributed by atoms with Crippen LogP contribution in [-0.4, -0.2) is 29.2 Å². The van der Waals surface area contributed by atoms with Crippen LogP contribution in [0, 0.1) is 42.4 Å². The minimum atomic E-state index is -0.374. The number of rotatable bonds is 3. The monoisotopic (exact) mass is 370 g/mol. The number of hydrogen-bond donors (Lipinski definition) is 1. The minimum absolute atomic E-state index is 0.176. The van der Waals surface area contributed by atoms with E-state index in [1.165, 1.54) is 4.90 Å². The summed E-state index contributed by atoms with van der Waals surface area (Å²) in [4.78, 5) is 39.4. The standard InChI is InChI=1S/C20H19ClN2O3/c1-9-14(21)3-2-4-15(9)22-16(24)8-23-19(25)17-10-5-6-11(13-7-12(10)13)18(17)20(23)26/h2-6,10-13,17-18H,7-8H2,1H3,(H,22,24)/t10-,11-,12-,13+,17+,18+/m0/s1. The Labute approximate surface area is 156 Å². The maximum atomic E-state index is 12.9. The third kappa shape index (κ3) is 2.13. The van der Waals surface area contributed by atoms with Gasteiger partial charge in [-0.3, -0.25) is 19.3 Å². The number of allylic oxidation sites excluding steroid dienone is 2. The lowest BCUT2D eigenvalue weighted by Crippen LogP contribution is -2.40. The minimum Gasteiger partial charge on any atom is -0.324 e. The lowest BCUT2D eigenvalue weighted by atomic mass is 9.63. The second-order valence-corrected chi connectivity index (χ2v) is 8.28. The highest BCUT2D eigenvalue weighted by atomic mass is 35.5. The Morgan fingerprint density at radius 2 is 1.77 bits per heavy atom. The molecule has 4 aliphatic carbocycles. The third-order valence-corrected chi connectivity index (χ3v) is 7.01. The summed E-state index contributed by atoms with van der Waals surface area (Å²) in [6, 6.07) is 5.25. The molecule has 1 saturated heterocycles. The van der Waals surface area contributed by atoms with Gasteiger partial charge in [0.25, 0.3) is 0 Å². The van der Waals surface area contributed by atoms with Crippen LogP contribution in [0.5, 0.6) is 0 Å². The summed E-state index contributed by atoms with van der Waals surface area (Å²) in [6.45, 7) is 1.58. The molecule has 5 nitrogen and oxygen atoms in total. The van der Waals surface area contributed by atoms with Crippen LogP contribution in [0.2, 0.25) is 5.02 Å². The first kappa shape index (κ1) is 16.1. The number of carbonyl (C=O) groups excluding carboxylic acids is 3. The van der Waals surface area contributed by atoms with Gasteiger partial charge in [-0.25, -0.2) is 0 Å². The number of carbonyl (C=O) groups is 3. The van der Waals surface area contributed by atoms with Gasteiger partial charge >= 0.3 is 0 Å². The first-order valence-corrected chi connectivity index (χ1v) is 9.43. The van der Waals surface area contributed by atoms with Gasteiger partial charge in [-0.1, -0.05) is 29.8 Å². The van der Waals surface area contributed by atoms with E-state index in [0.29, 0.717) is 22.5 Å². The number of amides is 3. The summed E-state index contributed by atoms with van der Waals surface area (Å²) in [5, 5.41) is 3.33. The topological polar surface area (TPSA) is 66.5 Å². The smallest absolute Gasteiger partial charge is 0.244 e. The molecule has 1 heterocycles. The highest BCUT2D eigenvalue weighted by Crippen LogP contribution is 2.65. The van der Waals surface area contributed by atoms with Crippen molar-refractivity contribution in [3.63, 3.8) is 0 Å². The van der Waals surface area contributed by atoms with Gasteiger partial charge in [0.15, 0.2) is 0 Å². The van der Waals surface area contributed by atoms with Gasteiger partial charge in [-0.15, -0.1) is 0 Å². The molecule has 26 heavy (non-hydrogen) atoms. The van der Waals surface area contributed by atoms with Crippen LogP contribution < -0.4 is 5.32 Å². The van der Waals surface area contributed by atoms with Gasteiger partial charge in [-0.2, -0.15) is 0 Å². The Hall–Kier alpha value is -2.14. The Morgan fingerprint density at radius 3 is 2.38 bits per heavy atom. The molecule has 6 rings (SSSR count). The Balaban J connectivity index is 1.34. The zero-order valence-corrected chi connectivity index (χ0v) is 15.1. The van der Waals surface area contributed by atoms with Crippen LogP contribution >= 0.6 is 11.6 Å². The van der Waals surface area contributed by atoms with Crippen molar-refractivity contribution in [1.29, 1.82) is 0 Å². The number of halogens is 1. The van der Waals surface area contributed by atoms with Crippen molar-refractivity contribution >= 4 is 35.0 Å². The molecule has 3 fully saturated rings. The zero-order valence-electron chi connectivity index (χ0n) is 14.3. The number of nitrogens with one attached hydrogen (secondary N) is 1. The second-order valence-electron chi connectivity index (χ2n) is 7.88. The largest absolute Gasteiger partial charge is 0.324 e. The van der Waals surface area contributed by atoms with Crippen LogP contribution in [0.4, 0.5) is 5.69 Å². The SMILES string of the molecule is Cc1c(Cl)cccc1NC(=O)CN1C(=O)[C@@H]2[C@H]3C=C[C@@H]([C@@H]4C[C@H]34)[C@H]2C1=O. The van der Waals surface area contributed by atoms with E-state index in [-0.39, 0.29) is 47.9 Å². The van der Waals surface area contributed by atoms with Gasteiger partial charge < -0.3 is 5.32 Å². The van der Waals surface area contributed by atoms with Crippen LogP contribution in [-0.2, 0) is 14.4 Å². The van der Waals surface area contributed by atoms with Gasteiger partial charge in [-0.05, 0) is 54.7 Å². The van der Waals surface area contributed by atoms with Crippen molar-refractivity contribution in [3.8, 4) is 0 Å². The van der Waals surface area contributed by atoms with Gasteiger partial charge in [0, 0.05) is 10.7 Å². The van der Waals surface area contributed by atoms with Crippen molar-refractivity contribution in [1.82, 2.24) is 4.90 Å². The van der Waals surface area contributed by atoms with E-state index in [1.807, 2.05) is 6.92 Å². The average Bonchev–Trinajstić information content (AvgIpc) is 3.40. The Bertz CT molecular complexity index is 844. The molecule has 6 heteroatoms. The first-order chi connectivity index (χ1) is 12.5. The van der Waals surface area contributed by atoms with Crippen LogP contribution in [0.15, 0.2) is 30.4 Å². The number of hydrogen-bond acceptors (Lipinski definition) is 3. The second kappa shape index (κ2) is 5.43. The molecular formula is C20H19ClN2O3. The van der Waals surface area contributed by atoms with Crippen molar-refractivity contribution < 1.29 is 14.4 Å². The van der Waals surface area contributed by atoms with Crippen molar-refractivity contribution in [2.24, 2.45) is 35.5 Å². The Kier molecular flexibility index (Phi) is 3.35. The average molecular weight is 371 g/mol. The van der Waals surface area contributed by atoms with E-state index in [0.717, 1.165) is 12.0 Å². The summed E-state index contributed by atoms with van der Waals surface area (Å²) in [6.07, 6.45) is 5.39. The molecule has 134 valence electrons. The molecule has 1 aliphatic heterocycles. The van der Waals surface area contributed by atoms with Crippen LogP contribution in [0.25, 0.3) is 0 Å². The molecule has 0 aromatic heterocycles. The molecule has 1 aromatic rings. The van der Waals surface area contributed by atoms with Gasteiger partial charge in [0.2, 0.25) is 17.7 Å². The molecule has 3 amide bonds. The van der Waals surface area contributed by atoms with Crippen LogP contribution in [0.1, 0.15) is 12.0 Å². The first-order valence-electron chi connectivity index (χ1n) is 9.06. The number of likely N-dealkylation sites (tertiary alicyclic amines) is 1. The summed E-state index contributed by atoms with van der Waals surface area (Å²) in [5.41, 5.74) is 1.36. The number of anilines is 1. The van der Waals surface area contributed by atoms with Crippen LogP contribution in [0.3, 0.4) is 0 Å². The van der Waals surface area contributed by atoms with Crippen molar-refractivity contribution in [2.75, 3.05) is 11.9 Å². The normalized spacial score (nSPS) is 36.2. The van der Waals surface area contributed by atoms with Gasteiger partial charge in [0.05, 0.1) is 11.8 Å². The molecule has 1 N–H and O–H groups in total. The molecule has 6 atom stereocenters. The molecule has 0 unspecified atom stereocenters. The third-order valence-electron chi connectivity index (χ3n) is 6.60. The maximum Gasteiger partial charge on any atom is 0.244 e. The zero-order chi connectivity index (χ0) is 18.2. The fraction of sp³-hybridized carbons (Fsp3) is 0.450. The van der Waals surface area contributed by atoms with Crippen molar-refractivity contribution in [2.45, 2.75) is 13.3 Å². The van der Waals surface area contributed by atoms with E-state index in [4.69, 9.17) is 11.6 Å². The molecule has 1 aromatic carbocycles. The lowest BCUT2D eigenvalue weighted by molar-refractivity contribution is -0.142. The summed E-state index contributed by atoms with van der Waals surface area (Å²) >= 11 is 6.08. The Morgan fingerprint density at radius 1 is 1.15 bits per heavy atom. The molecule has 0 radical (unpaired) electrons. The van der Waals surface area contributed by atoms with E-state index in [2.05, 4.69) is 17.5 Å². The predicted octanol–water partition coefficient (Wildman–Crippen LogP) is 2.64. The van der Waals surface area contributed by atoms with Gasteiger partial charge in [0.1, 0.15) is 6.54 Å². The summed E-state index contributed by atoms with van der Waals surface area (Å²) < 4.78 is 0. The highest BCUT2D eigenvalue weighted by Gasteiger charge is 2.67. The van der Waals surface area contributed by atoms with E-state index in [9.17, 15) is 14.4 Å². The number of nitrogens with zero attached hydrogens (tertiary/aromatic N) is 1. The van der Waals surface area contributed by atoms with Crippen molar-refractivity contribution in [3.05, 3.63) is 40.9 Å². The summed E-state index contributed by atoms with van der Waals surface area (Å²) in [7, 11) is 0. The maximum absolute atomic E-state index is 12.9. The van der Waals surface area contributed by atoms with E-state index < -0.39 is 0 Å². The quantitative estimate of drug-likeness (QED) is 0.657. The fourth-order valence-corrected chi connectivity index (χ4v) is 5.43. The predicted molar refractivity (Wildman–Crippen MR) is 96.2 cm³/mol. The number of benzene rings is 1. The fourth-order valence-electron chi connectivity index (χ4n) is 5.25. The number of imide groups is 1. The van der Waals surface area contributed by atoms with E-state index >= 15 is 0 Å². The molecule has 2 saturated carbocycles. The lowest BCUT2D eigenvalue weighted by Gasteiger charge is -2.37. The summed E-state index contributed by atoms with van der Waals surface area (Å²) in [5.74, 6) is 0.219. The molecule has 2 bridgehead atoms.